The Morgan fingerprint density at radius 3 is 2.60 bits per heavy atom. The zero-order chi connectivity index (χ0) is 17.8. The molecule has 0 bridgehead atoms. The third kappa shape index (κ3) is 3.79. The van der Waals surface area contributed by atoms with Crippen molar-refractivity contribution < 1.29 is 9.21 Å². The van der Waals surface area contributed by atoms with Crippen molar-refractivity contribution in [2.75, 3.05) is 5.32 Å². The minimum absolute atomic E-state index is 0.0533. The Kier molecular flexibility index (Phi) is 4.98. The number of fused-ring (bicyclic) bond motifs is 1. The maximum absolute atomic E-state index is 12.8. The maximum Gasteiger partial charge on any atom is 0.336 e. The van der Waals surface area contributed by atoms with Crippen LogP contribution in [0, 0.1) is 6.92 Å². The predicted molar refractivity (Wildman–Crippen MR) is 99.9 cm³/mol. The molecule has 1 N–H and O–H groups in total. The zero-order valence-electron chi connectivity index (χ0n) is 14.4. The molecule has 128 valence electrons. The van der Waals surface area contributed by atoms with Gasteiger partial charge in [0.2, 0.25) is 5.91 Å². The Labute approximate surface area is 146 Å². The smallest absolute Gasteiger partial charge is 0.336 e. The van der Waals surface area contributed by atoms with Crippen molar-refractivity contribution in [1.82, 2.24) is 0 Å². The van der Waals surface area contributed by atoms with Crippen LogP contribution in [0.15, 0.2) is 63.8 Å². The van der Waals surface area contributed by atoms with Crippen molar-refractivity contribution in [3.63, 3.8) is 0 Å². The molecule has 2 aromatic carbocycles. The van der Waals surface area contributed by atoms with Gasteiger partial charge >= 0.3 is 5.63 Å². The highest BCUT2D eigenvalue weighted by Gasteiger charge is 2.19. The Balaban J connectivity index is 1.88. The summed E-state index contributed by atoms with van der Waals surface area (Å²) in [5.41, 5.74) is 2.58. The fourth-order valence-corrected chi connectivity index (χ4v) is 3.06. The number of anilines is 1. The van der Waals surface area contributed by atoms with Gasteiger partial charge < -0.3 is 9.73 Å². The van der Waals surface area contributed by atoms with Gasteiger partial charge in [-0.1, -0.05) is 43.7 Å². The Hall–Kier alpha value is -2.88. The van der Waals surface area contributed by atoms with Gasteiger partial charge in [-0.2, -0.15) is 0 Å². The monoisotopic (exact) mass is 335 g/mol. The quantitative estimate of drug-likeness (QED) is 0.692. The number of benzene rings is 2. The van der Waals surface area contributed by atoms with E-state index in [1.807, 2.05) is 49.4 Å². The summed E-state index contributed by atoms with van der Waals surface area (Å²) in [5.74, 6) is -0.256. The third-order valence-corrected chi connectivity index (χ3v) is 4.31. The fourth-order valence-electron chi connectivity index (χ4n) is 3.06. The highest BCUT2D eigenvalue weighted by atomic mass is 16.4. The lowest BCUT2D eigenvalue weighted by atomic mass is 9.93. The minimum Gasteiger partial charge on any atom is -0.423 e. The average molecular weight is 335 g/mol. The topological polar surface area (TPSA) is 59.3 Å². The van der Waals surface area contributed by atoms with Crippen molar-refractivity contribution in [2.24, 2.45) is 0 Å². The summed E-state index contributed by atoms with van der Waals surface area (Å²) in [6.07, 6.45) is 1.69. The second kappa shape index (κ2) is 7.34. The molecule has 0 aliphatic rings. The molecular weight excluding hydrogens is 314 g/mol. The van der Waals surface area contributed by atoms with Crippen LogP contribution in [-0.4, -0.2) is 5.91 Å². The van der Waals surface area contributed by atoms with Crippen molar-refractivity contribution >= 4 is 22.6 Å². The van der Waals surface area contributed by atoms with Crippen molar-refractivity contribution in [3.05, 3.63) is 76.1 Å². The van der Waals surface area contributed by atoms with Gasteiger partial charge in [-0.05, 0) is 36.6 Å². The Morgan fingerprint density at radius 1 is 1.12 bits per heavy atom. The SMILES string of the molecule is CCC[C@@H](C(=O)Nc1ccc2c(C)cc(=O)oc2c1)c1ccccc1. The highest BCUT2D eigenvalue weighted by molar-refractivity contribution is 5.97. The summed E-state index contributed by atoms with van der Waals surface area (Å²) in [4.78, 5) is 24.3. The standard InChI is InChI=1S/C21H21NO3/c1-3-7-18(15-8-5-4-6-9-15)21(24)22-16-10-11-17-14(2)12-20(23)25-19(17)13-16/h4-6,8-13,18H,3,7H2,1-2H3,(H,22,24)/t18-/m1/s1. The van der Waals surface area contributed by atoms with Crippen LogP contribution in [0.2, 0.25) is 0 Å². The van der Waals surface area contributed by atoms with Crippen LogP contribution in [0.25, 0.3) is 11.0 Å². The van der Waals surface area contributed by atoms with Crippen LogP contribution >= 0.6 is 0 Å². The highest BCUT2D eigenvalue weighted by Crippen LogP contribution is 2.25. The van der Waals surface area contributed by atoms with E-state index in [1.165, 1.54) is 6.07 Å². The lowest BCUT2D eigenvalue weighted by Gasteiger charge is -2.17. The first kappa shape index (κ1) is 17.0. The van der Waals surface area contributed by atoms with E-state index in [9.17, 15) is 9.59 Å². The van der Waals surface area contributed by atoms with E-state index < -0.39 is 0 Å². The van der Waals surface area contributed by atoms with Gasteiger partial charge in [-0.3, -0.25) is 4.79 Å². The molecule has 25 heavy (non-hydrogen) atoms. The number of carbonyl (C=O) groups is 1. The first-order valence-corrected chi connectivity index (χ1v) is 8.49. The summed E-state index contributed by atoms with van der Waals surface area (Å²) in [5, 5.41) is 3.82. The number of carbonyl (C=O) groups excluding carboxylic acids is 1. The minimum atomic E-state index is -0.387. The molecule has 1 amide bonds. The first-order valence-electron chi connectivity index (χ1n) is 8.49. The van der Waals surface area contributed by atoms with Gasteiger partial charge in [-0.25, -0.2) is 4.79 Å². The van der Waals surface area contributed by atoms with Crippen LogP contribution in [0.1, 0.15) is 36.8 Å². The number of amides is 1. The van der Waals surface area contributed by atoms with Crippen LogP contribution < -0.4 is 10.9 Å². The van der Waals surface area contributed by atoms with E-state index >= 15 is 0 Å². The number of aryl methyl sites for hydroxylation is 1. The molecule has 0 saturated carbocycles. The first-order chi connectivity index (χ1) is 12.1. The molecule has 0 saturated heterocycles. The molecule has 1 atom stereocenters. The van der Waals surface area contributed by atoms with Gasteiger partial charge in [0.15, 0.2) is 0 Å². The van der Waals surface area contributed by atoms with Crippen LogP contribution in [0.3, 0.4) is 0 Å². The van der Waals surface area contributed by atoms with Gasteiger partial charge in [0, 0.05) is 23.2 Å². The molecule has 0 fully saturated rings. The van der Waals surface area contributed by atoms with Crippen LogP contribution in [-0.2, 0) is 4.79 Å². The predicted octanol–water partition coefficient (Wildman–Crippen LogP) is 4.62. The molecule has 0 spiro atoms. The zero-order valence-corrected chi connectivity index (χ0v) is 14.4. The van der Waals surface area contributed by atoms with E-state index in [-0.39, 0.29) is 17.5 Å². The maximum atomic E-state index is 12.8. The summed E-state index contributed by atoms with van der Waals surface area (Å²) in [6, 6.07) is 16.6. The Bertz CT molecular complexity index is 944. The molecule has 0 aliphatic carbocycles. The molecule has 3 rings (SSSR count). The molecular formula is C21H21NO3. The van der Waals surface area contributed by atoms with Gasteiger partial charge in [0.25, 0.3) is 0 Å². The summed E-state index contributed by atoms with van der Waals surface area (Å²) < 4.78 is 5.25. The molecule has 1 heterocycles. The van der Waals surface area contributed by atoms with Crippen molar-refractivity contribution in [2.45, 2.75) is 32.6 Å². The normalized spacial score (nSPS) is 12.1. The summed E-state index contributed by atoms with van der Waals surface area (Å²) in [6.45, 7) is 3.93. The molecule has 0 radical (unpaired) electrons. The molecule has 0 unspecified atom stereocenters. The lowest BCUT2D eigenvalue weighted by molar-refractivity contribution is -0.117. The number of hydrogen-bond acceptors (Lipinski definition) is 3. The summed E-state index contributed by atoms with van der Waals surface area (Å²) in [7, 11) is 0. The van der Waals surface area contributed by atoms with Crippen LogP contribution in [0.4, 0.5) is 5.69 Å². The van der Waals surface area contributed by atoms with Crippen molar-refractivity contribution in [1.29, 1.82) is 0 Å². The molecule has 3 aromatic rings. The molecule has 4 heteroatoms. The number of hydrogen-bond donors (Lipinski definition) is 1. The van der Waals surface area contributed by atoms with E-state index in [0.717, 1.165) is 29.4 Å². The second-order valence-corrected chi connectivity index (χ2v) is 6.20. The van der Waals surface area contributed by atoms with Gasteiger partial charge in [0.1, 0.15) is 5.58 Å². The van der Waals surface area contributed by atoms with Gasteiger partial charge in [0.05, 0.1) is 5.92 Å². The van der Waals surface area contributed by atoms with Crippen LogP contribution in [0.5, 0.6) is 0 Å². The van der Waals surface area contributed by atoms with E-state index in [2.05, 4.69) is 12.2 Å². The molecule has 1 aromatic heterocycles. The molecule has 0 aliphatic heterocycles. The van der Waals surface area contributed by atoms with E-state index in [0.29, 0.717) is 11.3 Å². The number of rotatable bonds is 5. The van der Waals surface area contributed by atoms with Crippen molar-refractivity contribution in [3.8, 4) is 0 Å². The number of nitrogens with one attached hydrogen (secondary N) is 1. The van der Waals surface area contributed by atoms with E-state index in [1.54, 1.807) is 6.07 Å². The average Bonchev–Trinajstić information content (AvgIpc) is 2.59. The molecule has 4 nitrogen and oxygen atoms in total. The largest absolute Gasteiger partial charge is 0.423 e. The van der Waals surface area contributed by atoms with E-state index in [4.69, 9.17) is 4.42 Å². The third-order valence-electron chi connectivity index (χ3n) is 4.31. The fraction of sp³-hybridized carbons (Fsp3) is 0.238. The van der Waals surface area contributed by atoms with Gasteiger partial charge in [-0.15, -0.1) is 0 Å². The second-order valence-electron chi connectivity index (χ2n) is 6.20. The summed E-state index contributed by atoms with van der Waals surface area (Å²) >= 11 is 0. The lowest BCUT2D eigenvalue weighted by Crippen LogP contribution is -2.21. The Morgan fingerprint density at radius 2 is 1.88 bits per heavy atom.